The molecule has 0 aromatic carbocycles. The normalized spacial score (nSPS) is 16.8. The van der Waals surface area contributed by atoms with Crippen molar-refractivity contribution in [2.45, 2.75) is 39.0 Å². The van der Waals surface area contributed by atoms with Gasteiger partial charge in [-0.05, 0) is 45.1 Å². The maximum atomic E-state index is 12.1. The van der Waals surface area contributed by atoms with Crippen molar-refractivity contribution < 1.29 is 4.79 Å². The molecule has 0 bridgehead atoms. The molecule has 2 N–H and O–H groups in total. The number of thiazole rings is 1. The molecule has 0 spiro atoms. The van der Waals surface area contributed by atoms with Crippen LogP contribution >= 0.6 is 11.3 Å². The van der Waals surface area contributed by atoms with E-state index >= 15 is 0 Å². The summed E-state index contributed by atoms with van der Waals surface area (Å²) in [7, 11) is 0. The summed E-state index contributed by atoms with van der Waals surface area (Å²) in [5, 5.41) is 3.19. The molecule has 1 saturated heterocycles. The average Bonchev–Trinajstić information content (AvgIpc) is 2.84. The first-order valence-corrected chi connectivity index (χ1v) is 7.96. The van der Waals surface area contributed by atoms with Gasteiger partial charge in [-0.1, -0.05) is 0 Å². The molecule has 1 amide bonds. The second-order valence-corrected chi connectivity index (χ2v) is 6.33. The summed E-state index contributed by atoms with van der Waals surface area (Å²) in [5.74, 6) is 0.907. The Morgan fingerprint density at radius 3 is 2.84 bits per heavy atom. The highest BCUT2D eigenvalue weighted by atomic mass is 32.1. The monoisotopic (exact) mass is 281 g/mol. The third-order valence-corrected chi connectivity index (χ3v) is 4.61. The fraction of sp³-hybridized carbons (Fsp3) is 0.714. The van der Waals surface area contributed by atoms with Crippen molar-refractivity contribution in [3.63, 3.8) is 0 Å². The molecule has 4 nitrogen and oxygen atoms in total. The van der Waals surface area contributed by atoms with Crippen molar-refractivity contribution in [3.8, 4) is 0 Å². The first-order chi connectivity index (χ1) is 9.19. The molecule has 1 aliphatic heterocycles. The molecule has 0 radical (unpaired) electrons. The van der Waals surface area contributed by atoms with Crippen LogP contribution in [0.2, 0.25) is 0 Å². The standard InChI is InChI=1S/C14H23N3OS/c1-11-16-13(10-19-11)3-2-4-14(18)17-7-5-12(9-15)6-8-17/h10,12H,2-9,15H2,1H3. The largest absolute Gasteiger partial charge is 0.343 e. The molecule has 1 aromatic rings. The Morgan fingerprint density at radius 1 is 1.53 bits per heavy atom. The summed E-state index contributed by atoms with van der Waals surface area (Å²) in [5.41, 5.74) is 6.78. The number of nitrogens with two attached hydrogens (primary N) is 1. The summed E-state index contributed by atoms with van der Waals surface area (Å²) in [6.07, 6.45) is 4.58. The minimum Gasteiger partial charge on any atom is -0.343 e. The van der Waals surface area contributed by atoms with Crippen LogP contribution in [0.4, 0.5) is 0 Å². The van der Waals surface area contributed by atoms with E-state index in [4.69, 9.17) is 5.73 Å². The van der Waals surface area contributed by atoms with Crippen molar-refractivity contribution in [2.75, 3.05) is 19.6 Å². The molecule has 106 valence electrons. The predicted octanol–water partition coefficient (Wildman–Crippen LogP) is 1.97. The van der Waals surface area contributed by atoms with E-state index in [1.807, 2.05) is 11.8 Å². The van der Waals surface area contributed by atoms with E-state index in [9.17, 15) is 4.79 Å². The third kappa shape index (κ3) is 4.28. The molecular formula is C14H23N3OS. The molecule has 0 aliphatic carbocycles. The van der Waals surface area contributed by atoms with E-state index in [-0.39, 0.29) is 0 Å². The number of carbonyl (C=O) groups excluding carboxylic acids is 1. The van der Waals surface area contributed by atoms with E-state index in [2.05, 4.69) is 10.4 Å². The van der Waals surface area contributed by atoms with E-state index in [0.717, 1.165) is 56.0 Å². The lowest BCUT2D eigenvalue weighted by Gasteiger charge is -2.31. The SMILES string of the molecule is Cc1nc(CCCC(=O)N2CCC(CN)CC2)cs1. The number of hydrogen-bond acceptors (Lipinski definition) is 4. The number of nitrogens with zero attached hydrogens (tertiary/aromatic N) is 2. The maximum absolute atomic E-state index is 12.1. The van der Waals surface area contributed by atoms with Crippen LogP contribution in [0.15, 0.2) is 5.38 Å². The van der Waals surface area contributed by atoms with E-state index in [1.165, 1.54) is 0 Å². The molecular weight excluding hydrogens is 258 g/mol. The van der Waals surface area contributed by atoms with Gasteiger partial charge < -0.3 is 10.6 Å². The van der Waals surface area contributed by atoms with Gasteiger partial charge in [0.05, 0.1) is 10.7 Å². The van der Waals surface area contributed by atoms with Crippen molar-refractivity contribution >= 4 is 17.2 Å². The lowest BCUT2D eigenvalue weighted by molar-refractivity contribution is -0.132. The highest BCUT2D eigenvalue weighted by molar-refractivity contribution is 7.09. The van der Waals surface area contributed by atoms with Crippen LogP contribution in [0.25, 0.3) is 0 Å². The quantitative estimate of drug-likeness (QED) is 0.897. The van der Waals surface area contributed by atoms with Crippen LogP contribution in [-0.4, -0.2) is 35.4 Å². The lowest BCUT2D eigenvalue weighted by atomic mass is 9.97. The van der Waals surface area contributed by atoms with Crippen LogP contribution < -0.4 is 5.73 Å². The van der Waals surface area contributed by atoms with Gasteiger partial charge in [-0.3, -0.25) is 4.79 Å². The summed E-state index contributed by atoms with van der Waals surface area (Å²) < 4.78 is 0. The van der Waals surface area contributed by atoms with Gasteiger partial charge in [0.1, 0.15) is 0 Å². The lowest BCUT2D eigenvalue weighted by Crippen LogP contribution is -2.39. The maximum Gasteiger partial charge on any atom is 0.222 e. The number of hydrogen-bond donors (Lipinski definition) is 1. The molecule has 1 aliphatic rings. The average molecular weight is 281 g/mol. The zero-order chi connectivity index (χ0) is 13.7. The van der Waals surface area contributed by atoms with E-state index in [1.54, 1.807) is 11.3 Å². The van der Waals surface area contributed by atoms with Gasteiger partial charge in [-0.15, -0.1) is 11.3 Å². The molecule has 0 saturated carbocycles. The number of aromatic nitrogens is 1. The molecule has 19 heavy (non-hydrogen) atoms. The number of rotatable bonds is 5. The number of piperidine rings is 1. The van der Waals surface area contributed by atoms with E-state index in [0.29, 0.717) is 18.2 Å². The van der Waals surface area contributed by atoms with Crippen molar-refractivity contribution in [2.24, 2.45) is 11.7 Å². The highest BCUT2D eigenvalue weighted by Gasteiger charge is 2.21. The molecule has 5 heteroatoms. The van der Waals surface area contributed by atoms with Crippen molar-refractivity contribution in [3.05, 3.63) is 16.1 Å². The Kier molecular flexibility index (Phi) is 5.34. The predicted molar refractivity (Wildman–Crippen MR) is 78.1 cm³/mol. The fourth-order valence-corrected chi connectivity index (χ4v) is 3.17. The number of carbonyl (C=O) groups is 1. The first-order valence-electron chi connectivity index (χ1n) is 7.08. The topological polar surface area (TPSA) is 59.2 Å². The smallest absolute Gasteiger partial charge is 0.222 e. The Bertz CT molecular complexity index is 411. The molecule has 2 heterocycles. The van der Waals surface area contributed by atoms with Crippen LogP contribution in [-0.2, 0) is 11.2 Å². The number of aryl methyl sites for hydroxylation is 2. The Balaban J connectivity index is 1.67. The van der Waals surface area contributed by atoms with Crippen molar-refractivity contribution in [1.29, 1.82) is 0 Å². The number of likely N-dealkylation sites (tertiary alicyclic amines) is 1. The highest BCUT2D eigenvalue weighted by Crippen LogP contribution is 2.17. The Morgan fingerprint density at radius 2 is 2.26 bits per heavy atom. The molecule has 1 fully saturated rings. The van der Waals surface area contributed by atoms with Gasteiger partial charge in [0.2, 0.25) is 5.91 Å². The van der Waals surface area contributed by atoms with Gasteiger partial charge in [-0.25, -0.2) is 4.98 Å². The molecule has 1 aromatic heterocycles. The molecule has 0 atom stereocenters. The zero-order valence-corrected chi connectivity index (χ0v) is 12.4. The second kappa shape index (κ2) is 7.01. The summed E-state index contributed by atoms with van der Waals surface area (Å²) >= 11 is 1.68. The Labute approximate surface area is 119 Å². The van der Waals surface area contributed by atoms with Crippen LogP contribution in [0.1, 0.15) is 36.4 Å². The minimum atomic E-state index is 0.294. The zero-order valence-electron chi connectivity index (χ0n) is 11.6. The van der Waals surface area contributed by atoms with E-state index < -0.39 is 0 Å². The van der Waals surface area contributed by atoms with Crippen molar-refractivity contribution in [1.82, 2.24) is 9.88 Å². The van der Waals surface area contributed by atoms with Gasteiger partial charge >= 0.3 is 0 Å². The van der Waals surface area contributed by atoms with Crippen LogP contribution in [0.5, 0.6) is 0 Å². The summed E-state index contributed by atoms with van der Waals surface area (Å²) in [4.78, 5) is 18.5. The minimum absolute atomic E-state index is 0.294. The first kappa shape index (κ1) is 14.5. The Hall–Kier alpha value is -0.940. The van der Waals surface area contributed by atoms with Crippen LogP contribution in [0, 0.1) is 12.8 Å². The second-order valence-electron chi connectivity index (χ2n) is 5.27. The fourth-order valence-electron chi connectivity index (χ4n) is 2.52. The molecule has 2 rings (SSSR count). The van der Waals surface area contributed by atoms with Crippen LogP contribution in [0.3, 0.4) is 0 Å². The van der Waals surface area contributed by atoms with Gasteiger partial charge in [0, 0.05) is 24.9 Å². The van der Waals surface area contributed by atoms with Gasteiger partial charge in [-0.2, -0.15) is 0 Å². The summed E-state index contributed by atoms with van der Waals surface area (Å²) in [6.45, 7) is 4.54. The van der Waals surface area contributed by atoms with Gasteiger partial charge in [0.25, 0.3) is 0 Å². The third-order valence-electron chi connectivity index (χ3n) is 3.79. The number of amides is 1. The molecule has 0 unspecified atom stereocenters. The van der Waals surface area contributed by atoms with Gasteiger partial charge in [0.15, 0.2) is 0 Å². The summed E-state index contributed by atoms with van der Waals surface area (Å²) in [6, 6.07) is 0.